The minimum atomic E-state index is -1.19. The molecule has 1 aromatic carbocycles. The van der Waals surface area contributed by atoms with Crippen LogP contribution < -0.4 is 16.0 Å². The predicted molar refractivity (Wildman–Crippen MR) is 71.8 cm³/mol. The molecular formula is C11H11BrFN3O4. The monoisotopic (exact) mass is 347 g/mol. The second-order valence-electron chi connectivity index (χ2n) is 3.60. The van der Waals surface area contributed by atoms with E-state index in [1.807, 2.05) is 0 Å². The van der Waals surface area contributed by atoms with Gasteiger partial charge in [-0.15, -0.1) is 0 Å². The van der Waals surface area contributed by atoms with Crippen molar-refractivity contribution >= 4 is 39.5 Å². The minimum Gasteiger partial charge on any atom is -0.480 e. The Bertz CT molecular complexity index is 538. The number of rotatable bonds is 5. The summed E-state index contributed by atoms with van der Waals surface area (Å²) in [6, 6.07) is 3.29. The van der Waals surface area contributed by atoms with Crippen molar-refractivity contribution in [2.24, 2.45) is 0 Å². The van der Waals surface area contributed by atoms with Gasteiger partial charge in [0.15, 0.2) is 0 Å². The first-order chi connectivity index (χ1) is 9.38. The van der Waals surface area contributed by atoms with Crippen LogP contribution in [0.15, 0.2) is 22.7 Å². The molecule has 0 unspecified atom stereocenters. The summed E-state index contributed by atoms with van der Waals surface area (Å²) in [6.07, 6.45) is 0. The number of carbonyl (C=O) groups is 3. The lowest BCUT2D eigenvalue weighted by Gasteiger charge is -2.08. The molecule has 108 valence electrons. The molecule has 0 atom stereocenters. The number of anilines is 1. The summed E-state index contributed by atoms with van der Waals surface area (Å²) in [5, 5.41) is 14.8. The van der Waals surface area contributed by atoms with E-state index in [1.54, 1.807) is 0 Å². The fourth-order valence-electron chi connectivity index (χ4n) is 1.15. The van der Waals surface area contributed by atoms with E-state index in [-0.39, 0.29) is 5.69 Å². The molecule has 1 rings (SSSR count). The maximum atomic E-state index is 13.4. The van der Waals surface area contributed by atoms with Crippen LogP contribution in [0.2, 0.25) is 0 Å². The standard InChI is InChI=1S/C11H11BrFN3O4/c12-6-1-2-8(7(13)3-6)16-11(20)15-4-9(17)14-5-10(18)19/h1-3H,4-5H2,(H,14,17)(H,18,19)(H2,15,16,20). The molecular weight excluding hydrogens is 337 g/mol. The van der Waals surface area contributed by atoms with Crippen LogP contribution in [-0.4, -0.2) is 36.1 Å². The average Bonchev–Trinajstić information content (AvgIpc) is 2.37. The zero-order valence-electron chi connectivity index (χ0n) is 10.1. The summed E-state index contributed by atoms with van der Waals surface area (Å²) >= 11 is 3.07. The van der Waals surface area contributed by atoms with Gasteiger partial charge in [0, 0.05) is 4.47 Å². The topological polar surface area (TPSA) is 108 Å². The zero-order chi connectivity index (χ0) is 15.1. The van der Waals surface area contributed by atoms with Gasteiger partial charge in [-0.05, 0) is 18.2 Å². The number of carbonyl (C=O) groups excluding carboxylic acids is 2. The highest BCUT2D eigenvalue weighted by Crippen LogP contribution is 2.18. The summed E-state index contributed by atoms with van der Waals surface area (Å²) in [4.78, 5) is 32.7. The largest absolute Gasteiger partial charge is 0.480 e. The SMILES string of the molecule is O=C(O)CNC(=O)CNC(=O)Nc1ccc(Br)cc1F. The number of urea groups is 1. The highest BCUT2D eigenvalue weighted by atomic mass is 79.9. The second kappa shape index (κ2) is 7.43. The van der Waals surface area contributed by atoms with Crippen molar-refractivity contribution in [3.05, 3.63) is 28.5 Å². The lowest BCUT2D eigenvalue weighted by Crippen LogP contribution is -2.40. The van der Waals surface area contributed by atoms with E-state index >= 15 is 0 Å². The molecule has 0 bridgehead atoms. The van der Waals surface area contributed by atoms with Crippen molar-refractivity contribution in [1.82, 2.24) is 10.6 Å². The number of hydrogen-bond donors (Lipinski definition) is 4. The molecule has 3 amide bonds. The number of nitrogens with one attached hydrogen (secondary N) is 3. The highest BCUT2D eigenvalue weighted by molar-refractivity contribution is 9.10. The molecule has 20 heavy (non-hydrogen) atoms. The third-order valence-electron chi connectivity index (χ3n) is 2.03. The first kappa shape index (κ1) is 15.9. The quantitative estimate of drug-likeness (QED) is 0.634. The van der Waals surface area contributed by atoms with E-state index < -0.39 is 36.8 Å². The minimum absolute atomic E-state index is 0.0448. The van der Waals surface area contributed by atoms with E-state index in [0.717, 1.165) is 0 Å². The van der Waals surface area contributed by atoms with Crippen molar-refractivity contribution in [2.75, 3.05) is 18.4 Å². The van der Waals surface area contributed by atoms with Gasteiger partial charge in [0.05, 0.1) is 12.2 Å². The third kappa shape index (κ3) is 5.65. The zero-order valence-corrected chi connectivity index (χ0v) is 11.7. The van der Waals surface area contributed by atoms with E-state index in [9.17, 15) is 18.8 Å². The van der Waals surface area contributed by atoms with Crippen LogP contribution in [0.25, 0.3) is 0 Å². The van der Waals surface area contributed by atoms with Gasteiger partial charge in [0.2, 0.25) is 5.91 Å². The first-order valence-electron chi connectivity index (χ1n) is 5.37. The lowest BCUT2D eigenvalue weighted by molar-refractivity contribution is -0.137. The van der Waals surface area contributed by atoms with Crippen LogP contribution in [0, 0.1) is 5.82 Å². The molecule has 0 saturated carbocycles. The molecule has 0 aliphatic heterocycles. The number of hydrogen-bond acceptors (Lipinski definition) is 3. The maximum Gasteiger partial charge on any atom is 0.322 e. The fraction of sp³-hybridized carbons (Fsp3) is 0.182. The average molecular weight is 348 g/mol. The smallest absolute Gasteiger partial charge is 0.322 e. The molecule has 0 saturated heterocycles. The summed E-state index contributed by atoms with van der Waals surface area (Å²) in [6.45, 7) is -0.958. The van der Waals surface area contributed by atoms with Gasteiger partial charge in [-0.3, -0.25) is 9.59 Å². The molecule has 7 nitrogen and oxygen atoms in total. The number of benzene rings is 1. The van der Waals surface area contributed by atoms with E-state index in [1.165, 1.54) is 18.2 Å². The summed E-state index contributed by atoms with van der Waals surface area (Å²) in [7, 11) is 0. The number of aliphatic carboxylic acids is 1. The van der Waals surface area contributed by atoms with Crippen molar-refractivity contribution < 1.29 is 23.9 Å². The Labute approximate surface area is 121 Å². The molecule has 9 heteroatoms. The number of halogens is 2. The van der Waals surface area contributed by atoms with Crippen molar-refractivity contribution in [2.45, 2.75) is 0 Å². The Kier molecular flexibility index (Phi) is 5.91. The van der Waals surface area contributed by atoms with Crippen LogP contribution in [-0.2, 0) is 9.59 Å². The van der Waals surface area contributed by atoms with Gasteiger partial charge in [-0.1, -0.05) is 15.9 Å². The fourth-order valence-corrected chi connectivity index (χ4v) is 1.49. The van der Waals surface area contributed by atoms with Crippen molar-refractivity contribution in [3.63, 3.8) is 0 Å². The Morgan fingerprint density at radius 3 is 2.50 bits per heavy atom. The van der Waals surface area contributed by atoms with Crippen LogP contribution in [0.3, 0.4) is 0 Å². The van der Waals surface area contributed by atoms with Crippen LogP contribution in [0.5, 0.6) is 0 Å². The van der Waals surface area contributed by atoms with E-state index in [4.69, 9.17) is 5.11 Å². The first-order valence-corrected chi connectivity index (χ1v) is 6.16. The molecule has 0 spiro atoms. The highest BCUT2D eigenvalue weighted by Gasteiger charge is 2.09. The van der Waals surface area contributed by atoms with Crippen LogP contribution in [0.4, 0.5) is 14.9 Å². The molecule has 0 aromatic heterocycles. The molecule has 0 fully saturated rings. The molecule has 0 aliphatic carbocycles. The summed E-state index contributed by atoms with van der Waals surface area (Å²) in [5.41, 5.74) is -0.0448. The Morgan fingerprint density at radius 2 is 1.90 bits per heavy atom. The Balaban J connectivity index is 2.40. The normalized spacial score (nSPS) is 9.70. The van der Waals surface area contributed by atoms with Gasteiger partial charge in [0.1, 0.15) is 12.4 Å². The number of amides is 3. The number of carboxylic acids is 1. The van der Waals surface area contributed by atoms with Gasteiger partial charge in [-0.2, -0.15) is 0 Å². The van der Waals surface area contributed by atoms with Gasteiger partial charge in [0.25, 0.3) is 0 Å². The maximum absolute atomic E-state index is 13.4. The summed E-state index contributed by atoms with van der Waals surface area (Å²) < 4.78 is 13.9. The Hall–Kier alpha value is -2.16. The molecule has 4 N–H and O–H groups in total. The van der Waals surface area contributed by atoms with Crippen LogP contribution >= 0.6 is 15.9 Å². The van der Waals surface area contributed by atoms with Gasteiger partial charge in [-0.25, -0.2) is 9.18 Å². The van der Waals surface area contributed by atoms with Crippen LogP contribution in [0.1, 0.15) is 0 Å². The van der Waals surface area contributed by atoms with Gasteiger partial charge < -0.3 is 21.1 Å². The third-order valence-corrected chi connectivity index (χ3v) is 2.52. The van der Waals surface area contributed by atoms with E-state index in [0.29, 0.717) is 4.47 Å². The lowest BCUT2D eigenvalue weighted by atomic mass is 10.3. The number of carboxylic acid groups (broad SMARTS) is 1. The van der Waals surface area contributed by atoms with Crippen molar-refractivity contribution in [3.8, 4) is 0 Å². The predicted octanol–water partition coefficient (Wildman–Crippen LogP) is 0.910. The molecule has 0 radical (unpaired) electrons. The Morgan fingerprint density at radius 1 is 1.20 bits per heavy atom. The molecule has 1 aromatic rings. The second-order valence-corrected chi connectivity index (χ2v) is 4.52. The summed E-state index contributed by atoms with van der Waals surface area (Å²) in [5.74, 6) is -2.50. The van der Waals surface area contributed by atoms with Crippen molar-refractivity contribution in [1.29, 1.82) is 0 Å². The van der Waals surface area contributed by atoms with E-state index in [2.05, 4.69) is 31.9 Å². The molecule has 0 aliphatic rings. The molecule has 0 heterocycles. The van der Waals surface area contributed by atoms with Gasteiger partial charge >= 0.3 is 12.0 Å².